The minimum atomic E-state index is -0.918. The van der Waals surface area contributed by atoms with Crippen molar-refractivity contribution < 1.29 is 28.6 Å². The lowest BCUT2D eigenvalue weighted by Gasteiger charge is -2.39. The van der Waals surface area contributed by atoms with Crippen LogP contribution < -0.4 is 0 Å². The molecule has 0 saturated carbocycles. The molecule has 3 heterocycles. The number of rotatable bonds is 33. The van der Waals surface area contributed by atoms with Gasteiger partial charge in [-0.15, -0.1) is 35.3 Å². The van der Waals surface area contributed by atoms with Gasteiger partial charge in [-0.05, 0) is 129 Å². The van der Waals surface area contributed by atoms with E-state index in [4.69, 9.17) is 14.2 Å². The monoisotopic (exact) mass is 1330 g/mol. The van der Waals surface area contributed by atoms with Crippen LogP contribution in [-0.2, 0) is 28.6 Å². The first-order valence-corrected chi connectivity index (χ1v) is 41.0. The second kappa shape index (κ2) is 36.6. The number of carbonyl (C=O) groups is 3. The van der Waals surface area contributed by atoms with Crippen molar-refractivity contribution in [3.63, 3.8) is 0 Å². The van der Waals surface area contributed by atoms with E-state index in [0.717, 1.165) is 181 Å². The smallest absolute Gasteiger partial charge is 0.349 e. The van der Waals surface area contributed by atoms with Crippen LogP contribution in [0.25, 0.3) is 0 Å². The number of allylic oxidation sites excluding steroid dienone is 6. The molecule has 6 aliphatic rings. The Morgan fingerprint density at radius 1 is 0.412 bits per heavy atom. The maximum atomic E-state index is 14.7. The standard InChI is InChI=1S/C64H94N6O6S9/c1-62(2)34-47(56(83-31-28-80-25-22-77-7)53(37-62)68-16-10-11-17-68)50(40-65)59(71)74-43-46(44-75-60(72)51(41-66)48-35-63(3,4)38-54(69-18-12-13-19-69)57(48)84-32-29-81-26-23-78-8)45-76-61(73)52(42-67)49-36-64(5,6)39-55(70-20-14-15-21-70)58(49)85-33-30-82-27-24-79-9/h46H,10-39,43-45H2,1-9H3/b50-47+,51-48+,52-49+. The molecule has 3 aliphatic heterocycles. The van der Waals surface area contributed by atoms with Crippen LogP contribution in [0.1, 0.15) is 119 Å². The molecular formula is C64H94N6O6S9. The fourth-order valence-electron chi connectivity index (χ4n) is 11.8. The molecule has 3 fully saturated rings. The third-order valence-corrected chi connectivity index (χ3v) is 25.8. The van der Waals surface area contributed by atoms with Crippen molar-refractivity contribution in [2.24, 2.45) is 22.2 Å². The van der Waals surface area contributed by atoms with Gasteiger partial charge in [-0.3, -0.25) is 0 Å². The van der Waals surface area contributed by atoms with E-state index in [1.165, 1.54) is 17.1 Å². The SMILES string of the molecule is CSCCSCCSC1=C(N2CCCC2)CC(C)(C)C/C1=C(/C#N)C(=O)OCC(COC(=O)/C(C#N)=C1\CC(C)(C)CC(N2CCCC2)=C1SCCSCCSC)COC(=O)/C(C#N)=C1\CC(C)(C)CC(N2CCCC2)=C1SCCSCCSC. The third kappa shape index (κ3) is 22.1. The number of likely N-dealkylation sites (tertiary alicyclic amines) is 3. The Morgan fingerprint density at radius 3 is 0.894 bits per heavy atom. The van der Waals surface area contributed by atoms with Gasteiger partial charge in [0.15, 0.2) is 0 Å². The van der Waals surface area contributed by atoms with Gasteiger partial charge < -0.3 is 28.9 Å². The summed E-state index contributed by atoms with van der Waals surface area (Å²) in [5, 5.41) is 33.0. The second-order valence-corrected chi connectivity index (χ2v) is 34.8. The Morgan fingerprint density at radius 2 is 0.659 bits per heavy atom. The average Bonchev–Trinajstić information content (AvgIpc) is 2.67. The summed E-state index contributed by atoms with van der Waals surface area (Å²) >= 11 is 16.4. The number of ether oxygens (including phenoxy) is 3. The summed E-state index contributed by atoms with van der Waals surface area (Å²) in [7, 11) is 0. The molecule has 0 aromatic carbocycles. The molecule has 85 heavy (non-hydrogen) atoms. The molecule has 470 valence electrons. The minimum absolute atomic E-state index is 0.0517. The predicted molar refractivity (Wildman–Crippen MR) is 371 cm³/mol. The summed E-state index contributed by atoms with van der Waals surface area (Å²) in [6.07, 6.45) is 17.0. The van der Waals surface area contributed by atoms with Crippen LogP contribution in [0, 0.1) is 56.2 Å². The molecule has 0 unspecified atom stereocenters. The van der Waals surface area contributed by atoms with Gasteiger partial charge >= 0.3 is 17.9 Å². The van der Waals surface area contributed by atoms with Crippen molar-refractivity contribution in [1.82, 2.24) is 14.7 Å². The molecule has 3 aliphatic carbocycles. The van der Waals surface area contributed by atoms with Crippen LogP contribution in [0.2, 0.25) is 0 Å². The lowest BCUT2D eigenvalue weighted by molar-refractivity contribution is -0.148. The predicted octanol–water partition coefficient (Wildman–Crippen LogP) is 14.6. The molecule has 0 aromatic heterocycles. The van der Waals surface area contributed by atoms with E-state index in [9.17, 15) is 30.2 Å². The quantitative estimate of drug-likeness (QED) is 0.0200. The van der Waals surface area contributed by atoms with E-state index in [2.05, 4.69) is 93.2 Å². The molecule has 21 heteroatoms. The fourth-order valence-corrected chi connectivity index (χ4v) is 21.0. The van der Waals surface area contributed by atoms with Gasteiger partial charge in [-0.1, -0.05) is 41.5 Å². The summed E-state index contributed by atoms with van der Waals surface area (Å²) in [5.74, 6) is 8.43. The van der Waals surface area contributed by atoms with E-state index >= 15 is 0 Å². The Bertz CT molecular complexity index is 2350. The summed E-state index contributed by atoms with van der Waals surface area (Å²) in [5.41, 5.74) is 4.81. The lowest BCUT2D eigenvalue weighted by Crippen LogP contribution is -2.32. The first-order valence-electron chi connectivity index (χ1n) is 30.3. The largest absolute Gasteiger partial charge is 0.461 e. The van der Waals surface area contributed by atoms with Gasteiger partial charge in [-0.2, -0.15) is 86.4 Å². The Hall–Kier alpha value is -2.13. The normalized spacial score (nSPS) is 21.3. The molecule has 0 amide bonds. The maximum absolute atomic E-state index is 14.7. The van der Waals surface area contributed by atoms with E-state index < -0.39 is 23.8 Å². The first kappa shape index (κ1) is 71.9. The number of hydrogen-bond donors (Lipinski definition) is 0. The van der Waals surface area contributed by atoms with Crippen molar-refractivity contribution in [2.75, 3.05) is 147 Å². The number of carbonyl (C=O) groups excluding carboxylic acids is 3. The first-order chi connectivity index (χ1) is 40.9. The zero-order valence-corrected chi connectivity index (χ0v) is 59.6. The Kier molecular flexibility index (Phi) is 31.0. The van der Waals surface area contributed by atoms with Gasteiger partial charge in [-0.25, -0.2) is 14.4 Å². The Balaban J connectivity index is 1.35. The van der Waals surface area contributed by atoms with Gasteiger partial charge in [0.1, 0.15) is 54.7 Å². The summed E-state index contributed by atoms with van der Waals surface area (Å²) < 4.78 is 18.5. The molecule has 0 bridgehead atoms. The van der Waals surface area contributed by atoms with E-state index in [-0.39, 0.29) is 52.8 Å². The highest BCUT2D eigenvalue weighted by molar-refractivity contribution is 8.07. The van der Waals surface area contributed by atoms with Crippen molar-refractivity contribution in [2.45, 2.75) is 119 Å². The van der Waals surface area contributed by atoms with Gasteiger partial charge in [0.05, 0.1) is 5.92 Å². The van der Waals surface area contributed by atoms with Crippen LogP contribution in [-0.4, -0.2) is 179 Å². The highest BCUT2D eigenvalue weighted by Crippen LogP contribution is 2.52. The van der Waals surface area contributed by atoms with Gasteiger partial charge in [0.25, 0.3) is 0 Å². The number of hydrogen-bond acceptors (Lipinski definition) is 21. The molecule has 0 aromatic rings. The highest BCUT2D eigenvalue weighted by Gasteiger charge is 2.41. The highest BCUT2D eigenvalue weighted by atomic mass is 32.2. The van der Waals surface area contributed by atoms with Crippen LogP contribution in [0.5, 0.6) is 0 Å². The molecular weight excluding hydrogens is 1240 g/mol. The molecule has 0 spiro atoms. The lowest BCUT2D eigenvalue weighted by atomic mass is 9.75. The Labute approximate surface area is 549 Å². The van der Waals surface area contributed by atoms with Crippen molar-refractivity contribution in [3.05, 3.63) is 65.2 Å². The summed E-state index contributed by atoms with van der Waals surface area (Å²) in [6, 6.07) is 6.86. The molecule has 6 rings (SSSR count). The number of nitrogens with zero attached hydrogens (tertiary/aromatic N) is 6. The maximum Gasteiger partial charge on any atom is 0.349 e. The average molecular weight is 1330 g/mol. The second-order valence-electron chi connectivity index (χ2n) is 24.9. The summed E-state index contributed by atoms with van der Waals surface area (Å²) in [4.78, 5) is 54.4. The van der Waals surface area contributed by atoms with E-state index in [0.29, 0.717) is 36.0 Å². The van der Waals surface area contributed by atoms with Crippen molar-refractivity contribution in [1.29, 1.82) is 15.8 Å². The molecule has 0 radical (unpaired) electrons. The van der Waals surface area contributed by atoms with Crippen LogP contribution in [0.15, 0.2) is 65.2 Å². The number of esters is 3. The fraction of sp³-hybridized carbons (Fsp3) is 0.719. The molecule has 3 saturated heterocycles. The third-order valence-electron chi connectivity index (χ3n) is 15.9. The minimum Gasteiger partial charge on any atom is -0.461 e. The van der Waals surface area contributed by atoms with Gasteiger partial charge in [0, 0.05) is 140 Å². The summed E-state index contributed by atoms with van der Waals surface area (Å²) in [6.45, 7) is 17.6. The zero-order chi connectivity index (χ0) is 61.4. The molecule has 0 atom stereocenters. The van der Waals surface area contributed by atoms with Crippen LogP contribution >= 0.6 is 106 Å². The van der Waals surface area contributed by atoms with E-state index in [1.807, 2.05) is 70.6 Å². The zero-order valence-electron chi connectivity index (χ0n) is 52.2. The topological polar surface area (TPSA) is 160 Å². The number of nitriles is 3. The van der Waals surface area contributed by atoms with Crippen molar-refractivity contribution >= 4 is 124 Å². The van der Waals surface area contributed by atoms with Gasteiger partial charge in [0.2, 0.25) is 0 Å². The van der Waals surface area contributed by atoms with Crippen LogP contribution in [0.3, 0.4) is 0 Å². The van der Waals surface area contributed by atoms with E-state index in [1.54, 1.807) is 35.3 Å². The molecule has 0 N–H and O–H groups in total. The number of thioether (sulfide) groups is 9. The van der Waals surface area contributed by atoms with Crippen molar-refractivity contribution in [3.8, 4) is 18.2 Å². The van der Waals surface area contributed by atoms with Crippen LogP contribution in [0.4, 0.5) is 0 Å². The molecule has 12 nitrogen and oxygen atoms in total.